The van der Waals surface area contributed by atoms with Crippen molar-refractivity contribution in [3.05, 3.63) is 30.3 Å². The number of ether oxygens (including phenoxy) is 1. The lowest BCUT2D eigenvalue weighted by atomic mass is 10.2. The van der Waals surface area contributed by atoms with E-state index in [1.165, 1.54) is 0 Å². The van der Waals surface area contributed by atoms with Crippen molar-refractivity contribution in [1.82, 2.24) is 20.0 Å². The molecule has 2 aromatic heterocycles. The Morgan fingerprint density at radius 2 is 2.36 bits per heavy atom. The van der Waals surface area contributed by atoms with Crippen LogP contribution in [0.15, 0.2) is 28.9 Å². The van der Waals surface area contributed by atoms with Crippen molar-refractivity contribution >= 4 is 5.91 Å². The Hall–Kier alpha value is -2.28. The van der Waals surface area contributed by atoms with Crippen molar-refractivity contribution < 1.29 is 14.1 Å². The second kappa shape index (κ2) is 6.65. The summed E-state index contributed by atoms with van der Waals surface area (Å²) in [6, 6.07) is 5.62. The average molecular weight is 302 g/mol. The topological polar surface area (TPSA) is 81.4 Å². The zero-order valence-corrected chi connectivity index (χ0v) is 12.4. The van der Waals surface area contributed by atoms with Crippen LogP contribution in [0.25, 0.3) is 11.5 Å². The summed E-state index contributed by atoms with van der Waals surface area (Å²) in [4.78, 5) is 22.5. The lowest BCUT2D eigenvalue weighted by Gasteiger charge is -2.33. The standard InChI is InChI=1S/C15H18N4O3/c1-11-10-21-9-8-19(11)14(20)6-5-13-17-15(18-22-13)12-4-2-3-7-16-12/h2-4,7,11H,5-6,8-10H2,1H3/t11-/m1/s1. The molecule has 1 atom stereocenters. The van der Waals surface area contributed by atoms with Gasteiger partial charge in [-0.15, -0.1) is 0 Å². The largest absolute Gasteiger partial charge is 0.377 e. The molecule has 1 fully saturated rings. The van der Waals surface area contributed by atoms with Gasteiger partial charge in [0, 0.05) is 25.6 Å². The molecular weight excluding hydrogens is 284 g/mol. The van der Waals surface area contributed by atoms with Crippen LogP contribution < -0.4 is 0 Å². The summed E-state index contributed by atoms with van der Waals surface area (Å²) in [6.45, 7) is 3.82. The van der Waals surface area contributed by atoms with Crippen molar-refractivity contribution in [3.8, 4) is 11.5 Å². The summed E-state index contributed by atoms with van der Waals surface area (Å²) < 4.78 is 10.5. The van der Waals surface area contributed by atoms with E-state index >= 15 is 0 Å². The average Bonchev–Trinajstić information content (AvgIpc) is 3.03. The van der Waals surface area contributed by atoms with Gasteiger partial charge in [0.25, 0.3) is 0 Å². The van der Waals surface area contributed by atoms with Crippen LogP contribution in [0.3, 0.4) is 0 Å². The second-order valence-electron chi connectivity index (χ2n) is 5.24. The Morgan fingerprint density at radius 1 is 1.45 bits per heavy atom. The van der Waals surface area contributed by atoms with Gasteiger partial charge in [0.15, 0.2) is 0 Å². The molecular formula is C15H18N4O3. The molecule has 0 aliphatic carbocycles. The molecule has 0 saturated carbocycles. The summed E-state index contributed by atoms with van der Waals surface area (Å²) in [6.07, 6.45) is 2.46. The van der Waals surface area contributed by atoms with Gasteiger partial charge in [-0.1, -0.05) is 11.2 Å². The molecule has 2 aromatic rings. The van der Waals surface area contributed by atoms with Crippen LogP contribution in [-0.2, 0) is 16.0 Å². The van der Waals surface area contributed by atoms with Gasteiger partial charge in [-0.3, -0.25) is 9.78 Å². The van der Waals surface area contributed by atoms with Crippen LogP contribution in [0.1, 0.15) is 19.2 Å². The van der Waals surface area contributed by atoms with Crippen molar-refractivity contribution in [1.29, 1.82) is 0 Å². The molecule has 1 amide bonds. The van der Waals surface area contributed by atoms with Gasteiger partial charge in [0.1, 0.15) is 5.69 Å². The number of amides is 1. The van der Waals surface area contributed by atoms with Crippen LogP contribution in [0.5, 0.6) is 0 Å². The Bertz CT molecular complexity index is 629. The van der Waals surface area contributed by atoms with Gasteiger partial charge in [0.05, 0.1) is 19.3 Å². The number of morpholine rings is 1. The fourth-order valence-corrected chi connectivity index (χ4v) is 2.41. The molecule has 0 bridgehead atoms. The maximum Gasteiger partial charge on any atom is 0.227 e. The number of nitrogens with zero attached hydrogens (tertiary/aromatic N) is 4. The third-order valence-electron chi connectivity index (χ3n) is 3.60. The number of carbonyl (C=O) groups is 1. The SMILES string of the molecule is C[C@@H]1COCCN1C(=O)CCc1nc(-c2ccccn2)no1. The number of aromatic nitrogens is 3. The first-order valence-electron chi connectivity index (χ1n) is 7.35. The lowest BCUT2D eigenvalue weighted by molar-refractivity contribution is -0.139. The van der Waals surface area contributed by atoms with Crippen LogP contribution in [-0.4, -0.2) is 51.7 Å². The minimum atomic E-state index is 0.0911. The second-order valence-corrected chi connectivity index (χ2v) is 5.24. The number of pyridine rings is 1. The maximum absolute atomic E-state index is 12.2. The molecule has 3 rings (SSSR count). The molecule has 1 aliphatic rings. The quantitative estimate of drug-likeness (QED) is 0.847. The van der Waals surface area contributed by atoms with Crippen molar-refractivity contribution in [3.63, 3.8) is 0 Å². The summed E-state index contributed by atoms with van der Waals surface area (Å²) >= 11 is 0. The number of hydrogen-bond acceptors (Lipinski definition) is 6. The molecule has 0 radical (unpaired) electrons. The minimum Gasteiger partial charge on any atom is -0.377 e. The predicted octanol–water partition coefficient (Wildman–Crippen LogP) is 1.31. The Balaban J connectivity index is 1.58. The Labute approximate surface area is 128 Å². The van der Waals surface area contributed by atoms with Gasteiger partial charge in [-0.2, -0.15) is 4.98 Å². The summed E-state index contributed by atoms with van der Waals surface area (Å²) in [5.41, 5.74) is 0.658. The van der Waals surface area contributed by atoms with Crippen LogP contribution >= 0.6 is 0 Å². The predicted molar refractivity (Wildman–Crippen MR) is 77.8 cm³/mol. The van der Waals surface area contributed by atoms with Gasteiger partial charge in [-0.05, 0) is 19.1 Å². The van der Waals surface area contributed by atoms with Gasteiger partial charge >= 0.3 is 0 Å². The smallest absolute Gasteiger partial charge is 0.227 e. The number of aryl methyl sites for hydroxylation is 1. The highest BCUT2D eigenvalue weighted by Gasteiger charge is 2.23. The van der Waals surface area contributed by atoms with Crippen LogP contribution in [0.4, 0.5) is 0 Å². The van der Waals surface area contributed by atoms with Crippen molar-refractivity contribution in [2.24, 2.45) is 0 Å². The van der Waals surface area contributed by atoms with Crippen LogP contribution in [0, 0.1) is 0 Å². The number of rotatable bonds is 4. The van der Waals surface area contributed by atoms with E-state index < -0.39 is 0 Å². The Morgan fingerprint density at radius 3 is 3.14 bits per heavy atom. The molecule has 22 heavy (non-hydrogen) atoms. The molecule has 0 N–H and O–H groups in total. The molecule has 116 valence electrons. The van der Waals surface area contributed by atoms with Crippen molar-refractivity contribution in [2.45, 2.75) is 25.8 Å². The number of hydrogen-bond donors (Lipinski definition) is 0. The summed E-state index contributed by atoms with van der Waals surface area (Å²) in [7, 11) is 0. The first-order valence-corrected chi connectivity index (χ1v) is 7.35. The van der Waals surface area contributed by atoms with Gasteiger partial charge < -0.3 is 14.2 Å². The van der Waals surface area contributed by atoms with Gasteiger partial charge in [0.2, 0.25) is 17.6 Å². The molecule has 7 heteroatoms. The van der Waals surface area contributed by atoms with E-state index in [0.29, 0.717) is 50.0 Å². The molecule has 1 saturated heterocycles. The van der Waals surface area contributed by atoms with Gasteiger partial charge in [-0.25, -0.2) is 0 Å². The molecule has 3 heterocycles. The summed E-state index contributed by atoms with van der Waals surface area (Å²) in [5, 5.41) is 3.90. The van der Waals surface area contributed by atoms with Crippen molar-refractivity contribution in [2.75, 3.05) is 19.8 Å². The Kier molecular flexibility index (Phi) is 4.43. The normalized spacial score (nSPS) is 18.4. The first-order chi connectivity index (χ1) is 10.7. The van der Waals surface area contributed by atoms with E-state index in [1.54, 1.807) is 6.20 Å². The zero-order chi connectivity index (χ0) is 15.4. The fourth-order valence-electron chi connectivity index (χ4n) is 2.41. The monoisotopic (exact) mass is 302 g/mol. The third kappa shape index (κ3) is 3.30. The zero-order valence-electron chi connectivity index (χ0n) is 12.4. The molecule has 1 aliphatic heterocycles. The summed E-state index contributed by atoms with van der Waals surface area (Å²) in [5.74, 6) is 0.992. The highest BCUT2D eigenvalue weighted by molar-refractivity contribution is 5.76. The van der Waals surface area contributed by atoms with E-state index in [1.807, 2.05) is 30.0 Å². The number of carbonyl (C=O) groups excluding carboxylic acids is 1. The van der Waals surface area contributed by atoms with E-state index in [-0.39, 0.29) is 11.9 Å². The molecule has 0 aromatic carbocycles. The molecule has 7 nitrogen and oxygen atoms in total. The van der Waals surface area contributed by atoms with E-state index in [0.717, 1.165) is 0 Å². The highest BCUT2D eigenvalue weighted by atomic mass is 16.5. The molecule has 0 unspecified atom stereocenters. The fraction of sp³-hybridized carbons (Fsp3) is 0.467. The minimum absolute atomic E-state index is 0.0911. The third-order valence-corrected chi connectivity index (χ3v) is 3.60. The molecule has 0 spiro atoms. The van der Waals surface area contributed by atoms with E-state index in [4.69, 9.17) is 9.26 Å². The van der Waals surface area contributed by atoms with E-state index in [9.17, 15) is 4.79 Å². The van der Waals surface area contributed by atoms with Crippen LogP contribution in [0.2, 0.25) is 0 Å². The maximum atomic E-state index is 12.2. The highest BCUT2D eigenvalue weighted by Crippen LogP contribution is 2.14. The first kappa shape index (κ1) is 14.6. The van der Waals surface area contributed by atoms with E-state index in [2.05, 4.69) is 15.1 Å². The lowest BCUT2D eigenvalue weighted by Crippen LogP contribution is -2.47.